The number of nitrogens with one attached hydrogen (secondary N) is 1. The topological polar surface area (TPSA) is 35.6 Å². The molecule has 2 atom stereocenters. The largest absolute Gasteiger partial charge is 0.321 e. The summed E-state index contributed by atoms with van der Waals surface area (Å²) in [5.74, 6) is 0.248. The minimum atomic E-state index is -0.0238. The first-order valence-electron chi connectivity index (χ1n) is 6.86. The number of carbonyl (C=O) groups is 1. The van der Waals surface area contributed by atoms with Crippen LogP contribution in [0.15, 0.2) is 16.8 Å². The molecular formula is C14H23N3OS. The van der Waals surface area contributed by atoms with Crippen LogP contribution in [0, 0.1) is 0 Å². The molecule has 0 aromatic carbocycles. The lowest BCUT2D eigenvalue weighted by Gasteiger charge is -2.24. The highest BCUT2D eigenvalue weighted by Crippen LogP contribution is 2.27. The van der Waals surface area contributed by atoms with Gasteiger partial charge in [0.25, 0.3) is 0 Å². The normalized spacial score (nSPS) is 23.6. The first-order valence-corrected chi connectivity index (χ1v) is 7.81. The standard InChI is InChI=1S/C14H23N3OS/c1-4-12-14(18)17(8-5-7-16(2)3)13(15-12)11-6-9-19-10-11/h6,9-10,12-13,15H,4-5,7-8H2,1-3H3. The number of nitrogens with zero attached hydrogens (tertiary/aromatic N) is 2. The molecule has 5 heteroatoms. The van der Waals surface area contributed by atoms with Crippen LogP contribution in [0.2, 0.25) is 0 Å². The minimum absolute atomic E-state index is 0.0238. The highest BCUT2D eigenvalue weighted by molar-refractivity contribution is 7.07. The monoisotopic (exact) mass is 281 g/mol. The van der Waals surface area contributed by atoms with Gasteiger partial charge in [0.15, 0.2) is 0 Å². The van der Waals surface area contributed by atoms with Crippen LogP contribution in [0.25, 0.3) is 0 Å². The average Bonchev–Trinajstić information content (AvgIpc) is 2.98. The van der Waals surface area contributed by atoms with Crippen molar-refractivity contribution >= 4 is 17.2 Å². The van der Waals surface area contributed by atoms with Crippen molar-refractivity contribution in [3.05, 3.63) is 22.4 Å². The molecule has 0 bridgehead atoms. The molecule has 1 aromatic heterocycles. The fraction of sp³-hybridized carbons (Fsp3) is 0.643. The van der Waals surface area contributed by atoms with Crippen LogP contribution in [0.5, 0.6) is 0 Å². The molecule has 2 heterocycles. The first kappa shape index (κ1) is 14.5. The highest BCUT2D eigenvalue weighted by Gasteiger charge is 2.38. The molecule has 1 amide bonds. The lowest BCUT2D eigenvalue weighted by Crippen LogP contribution is -2.33. The van der Waals surface area contributed by atoms with Gasteiger partial charge in [0, 0.05) is 6.54 Å². The van der Waals surface area contributed by atoms with E-state index in [1.165, 1.54) is 5.56 Å². The molecule has 1 aromatic rings. The Kier molecular flexibility index (Phi) is 4.96. The van der Waals surface area contributed by atoms with Crippen molar-refractivity contribution in [1.82, 2.24) is 15.1 Å². The molecule has 1 saturated heterocycles. The van der Waals surface area contributed by atoms with Gasteiger partial charge in [0.05, 0.1) is 6.04 Å². The Morgan fingerprint density at radius 1 is 1.47 bits per heavy atom. The summed E-state index contributed by atoms with van der Waals surface area (Å²) < 4.78 is 0. The second-order valence-corrected chi connectivity index (χ2v) is 6.06. The Morgan fingerprint density at radius 2 is 2.26 bits per heavy atom. The molecule has 1 fully saturated rings. The molecule has 19 heavy (non-hydrogen) atoms. The predicted molar refractivity (Wildman–Crippen MR) is 79.2 cm³/mol. The summed E-state index contributed by atoms with van der Waals surface area (Å²) in [5.41, 5.74) is 1.21. The van der Waals surface area contributed by atoms with Gasteiger partial charge in [-0.15, -0.1) is 0 Å². The van der Waals surface area contributed by atoms with Gasteiger partial charge in [0.2, 0.25) is 5.91 Å². The third kappa shape index (κ3) is 3.35. The Labute approximate surface area is 119 Å². The van der Waals surface area contributed by atoms with Gasteiger partial charge in [0.1, 0.15) is 6.17 Å². The first-order chi connectivity index (χ1) is 9.13. The third-order valence-electron chi connectivity index (χ3n) is 3.52. The third-order valence-corrected chi connectivity index (χ3v) is 4.22. The zero-order valence-corrected chi connectivity index (χ0v) is 12.7. The van der Waals surface area contributed by atoms with Crippen LogP contribution >= 0.6 is 11.3 Å². The van der Waals surface area contributed by atoms with E-state index < -0.39 is 0 Å². The van der Waals surface area contributed by atoms with Gasteiger partial charge in [-0.05, 0) is 55.9 Å². The zero-order chi connectivity index (χ0) is 13.8. The molecule has 0 radical (unpaired) electrons. The summed E-state index contributed by atoms with van der Waals surface area (Å²) in [5, 5.41) is 7.65. The second-order valence-electron chi connectivity index (χ2n) is 5.28. The SMILES string of the molecule is CCC1NC(c2ccsc2)N(CCCN(C)C)C1=O. The average molecular weight is 281 g/mol. The molecular weight excluding hydrogens is 258 g/mol. The van der Waals surface area contributed by atoms with E-state index in [9.17, 15) is 4.79 Å². The fourth-order valence-corrected chi connectivity index (χ4v) is 3.15. The van der Waals surface area contributed by atoms with Crippen LogP contribution in [0.1, 0.15) is 31.5 Å². The van der Waals surface area contributed by atoms with Crippen molar-refractivity contribution in [3.63, 3.8) is 0 Å². The van der Waals surface area contributed by atoms with Gasteiger partial charge in [-0.3, -0.25) is 10.1 Å². The van der Waals surface area contributed by atoms with E-state index in [-0.39, 0.29) is 18.1 Å². The van der Waals surface area contributed by atoms with Crippen molar-refractivity contribution in [2.24, 2.45) is 0 Å². The van der Waals surface area contributed by atoms with E-state index in [0.717, 1.165) is 25.9 Å². The van der Waals surface area contributed by atoms with E-state index in [1.54, 1.807) is 11.3 Å². The molecule has 0 spiro atoms. The Bertz CT molecular complexity index is 405. The molecule has 4 nitrogen and oxygen atoms in total. The van der Waals surface area contributed by atoms with Crippen LogP contribution in [0.3, 0.4) is 0 Å². The van der Waals surface area contributed by atoms with Crippen LogP contribution in [0.4, 0.5) is 0 Å². The number of hydrogen-bond donors (Lipinski definition) is 1. The van der Waals surface area contributed by atoms with Crippen LogP contribution < -0.4 is 5.32 Å². The van der Waals surface area contributed by atoms with E-state index in [0.29, 0.717) is 0 Å². The number of rotatable bonds is 6. The highest BCUT2D eigenvalue weighted by atomic mass is 32.1. The van der Waals surface area contributed by atoms with Crippen molar-refractivity contribution < 1.29 is 4.79 Å². The van der Waals surface area contributed by atoms with Crippen LogP contribution in [-0.2, 0) is 4.79 Å². The molecule has 0 aliphatic carbocycles. The summed E-state index contributed by atoms with van der Waals surface area (Å²) in [6.45, 7) is 3.89. The van der Waals surface area contributed by atoms with Gasteiger partial charge in [-0.2, -0.15) is 11.3 Å². The summed E-state index contributed by atoms with van der Waals surface area (Å²) in [7, 11) is 4.13. The molecule has 2 rings (SSSR count). The van der Waals surface area contributed by atoms with E-state index >= 15 is 0 Å². The van der Waals surface area contributed by atoms with Gasteiger partial charge in [-0.25, -0.2) is 0 Å². The predicted octanol–water partition coefficient (Wildman–Crippen LogP) is 1.91. The molecule has 1 N–H and O–H groups in total. The smallest absolute Gasteiger partial charge is 0.241 e. The van der Waals surface area contributed by atoms with Crippen molar-refractivity contribution in [2.75, 3.05) is 27.2 Å². The molecule has 1 aliphatic rings. The Balaban J connectivity index is 2.05. The van der Waals surface area contributed by atoms with E-state index in [1.807, 2.05) is 4.90 Å². The fourth-order valence-electron chi connectivity index (χ4n) is 2.48. The lowest BCUT2D eigenvalue weighted by atomic mass is 10.2. The van der Waals surface area contributed by atoms with Crippen molar-refractivity contribution in [2.45, 2.75) is 32.0 Å². The summed E-state index contributed by atoms with van der Waals surface area (Å²) >= 11 is 1.68. The molecule has 2 unspecified atom stereocenters. The summed E-state index contributed by atoms with van der Waals surface area (Å²) in [4.78, 5) is 16.5. The van der Waals surface area contributed by atoms with E-state index in [4.69, 9.17) is 0 Å². The zero-order valence-electron chi connectivity index (χ0n) is 11.9. The number of amides is 1. The van der Waals surface area contributed by atoms with Crippen molar-refractivity contribution in [1.29, 1.82) is 0 Å². The molecule has 1 aliphatic heterocycles. The molecule has 106 valence electrons. The maximum atomic E-state index is 12.4. The van der Waals surface area contributed by atoms with Crippen LogP contribution in [-0.4, -0.2) is 48.9 Å². The van der Waals surface area contributed by atoms with Gasteiger partial charge >= 0.3 is 0 Å². The number of carbonyl (C=O) groups excluding carboxylic acids is 1. The van der Waals surface area contributed by atoms with Crippen molar-refractivity contribution in [3.8, 4) is 0 Å². The Hall–Kier alpha value is -0.910. The lowest BCUT2D eigenvalue weighted by molar-refractivity contribution is -0.130. The van der Waals surface area contributed by atoms with Gasteiger partial charge in [-0.1, -0.05) is 6.92 Å². The maximum absolute atomic E-state index is 12.4. The number of hydrogen-bond acceptors (Lipinski definition) is 4. The second kappa shape index (κ2) is 6.50. The molecule has 0 saturated carbocycles. The number of thiophene rings is 1. The summed E-state index contributed by atoms with van der Waals surface area (Å²) in [6.07, 6.45) is 1.92. The summed E-state index contributed by atoms with van der Waals surface area (Å²) in [6, 6.07) is 2.08. The minimum Gasteiger partial charge on any atom is -0.321 e. The van der Waals surface area contributed by atoms with E-state index in [2.05, 4.69) is 48.1 Å². The van der Waals surface area contributed by atoms with Gasteiger partial charge < -0.3 is 9.80 Å². The quantitative estimate of drug-likeness (QED) is 0.865. The maximum Gasteiger partial charge on any atom is 0.241 e. The Morgan fingerprint density at radius 3 is 2.84 bits per heavy atom.